The average Bonchev–Trinajstić information content (AvgIpc) is 3.16. The van der Waals surface area contributed by atoms with Gasteiger partial charge in [-0.25, -0.2) is 0 Å². The number of benzene rings is 2. The maximum absolute atomic E-state index is 12.4. The quantitative estimate of drug-likeness (QED) is 0.580. The Labute approximate surface area is 168 Å². The summed E-state index contributed by atoms with van der Waals surface area (Å²) >= 11 is 1.27. The zero-order chi connectivity index (χ0) is 19.9. The lowest BCUT2D eigenvalue weighted by atomic mass is 10.0. The Morgan fingerprint density at radius 3 is 2.82 bits per heavy atom. The second-order valence-corrected chi connectivity index (χ2v) is 7.33. The van der Waals surface area contributed by atoms with E-state index in [1.807, 2.05) is 49.4 Å². The van der Waals surface area contributed by atoms with Gasteiger partial charge in [-0.1, -0.05) is 49.9 Å². The number of carbonyl (C=O) groups is 1. The largest absolute Gasteiger partial charge is 0.492 e. The zero-order valence-electron chi connectivity index (χ0n) is 16.1. The van der Waals surface area contributed by atoms with Gasteiger partial charge in [0.25, 0.3) is 0 Å². The van der Waals surface area contributed by atoms with Gasteiger partial charge in [-0.2, -0.15) is 4.68 Å². The number of anilines is 1. The third-order valence-corrected chi connectivity index (χ3v) is 4.92. The normalized spacial score (nSPS) is 10.9. The monoisotopic (exact) mass is 397 g/mol. The van der Waals surface area contributed by atoms with Crippen molar-refractivity contribution < 1.29 is 9.53 Å². The zero-order valence-corrected chi connectivity index (χ0v) is 16.9. The molecule has 0 aliphatic rings. The minimum absolute atomic E-state index is 0.112. The summed E-state index contributed by atoms with van der Waals surface area (Å²) in [6.45, 7) is 6.71. The van der Waals surface area contributed by atoms with Gasteiger partial charge in [0.1, 0.15) is 11.4 Å². The van der Waals surface area contributed by atoms with Crippen molar-refractivity contribution in [1.82, 2.24) is 20.2 Å². The lowest BCUT2D eigenvalue weighted by Gasteiger charge is -2.11. The molecule has 0 aliphatic heterocycles. The Morgan fingerprint density at radius 1 is 1.21 bits per heavy atom. The molecule has 8 heteroatoms. The Hall–Kier alpha value is -2.87. The van der Waals surface area contributed by atoms with Gasteiger partial charge in [0.2, 0.25) is 11.1 Å². The molecule has 146 valence electrons. The maximum atomic E-state index is 12.4. The summed E-state index contributed by atoms with van der Waals surface area (Å²) in [5.41, 5.74) is 2.71. The SMILES string of the molecule is CCOc1ccccc1-n1nnnc1SCC(=O)Nc1cccc(C(C)C)c1. The first-order valence-corrected chi connectivity index (χ1v) is 10.1. The van der Waals surface area contributed by atoms with E-state index in [-0.39, 0.29) is 11.7 Å². The number of nitrogens with zero attached hydrogens (tertiary/aromatic N) is 4. The van der Waals surface area contributed by atoms with Crippen molar-refractivity contribution in [1.29, 1.82) is 0 Å². The molecule has 0 saturated carbocycles. The predicted molar refractivity (Wildman–Crippen MR) is 110 cm³/mol. The van der Waals surface area contributed by atoms with Crippen molar-refractivity contribution in [3.05, 3.63) is 54.1 Å². The second kappa shape index (κ2) is 9.36. The molecule has 7 nitrogen and oxygen atoms in total. The van der Waals surface area contributed by atoms with Crippen LogP contribution in [0.4, 0.5) is 5.69 Å². The van der Waals surface area contributed by atoms with Crippen LogP contribution in [-0.4, -0.2) is 38.5 Å². The Kier molecular flexibility index (Phi) is 6.65. The molecule has 0 saturated heterocycles. The number of ether oxygens (including phenoxy) is 1. The molecule has 0 radical (unpaired) electrons. The molecule has 0 atom stereocenters. The van der Waals surface area contributed by atoms with Crippen molar-refractivity contribution in [2.45, 2.75) is 31.8 Å². The fraction of sp³-hybridized carbons (Fsp3) is 0.300. The smallest absolute Gasteiger partial charge is 0.234 e. The van der Waals surface area contributed by atoms with E-state index in [4.69, 9.17) is 4.74 Å². The standard InChI is InChI=1S/C20H23N5O2S/c1-4-27-18-11-6-5-10-17(18)25-20(22-23-24-25)28-13-19(26)21-16-9-7-8-15(12-16)14(2)3/h5-12,14H,4,13H2,1-3H3,(H,21,26). The van der Waals surface area contributed by atoms with Gasteiger partial charge in [-0.15, -0.1) is 5.10 Å². The summed E-state index contributed by atoms with van der Waals surface area (Å²) < 4.78 is 7.23. The summed E-state index contributed by atoms with van der Waals surface area (Å²) in [6, 6.07) is 15.4. The molecule has 0 bridgehead atoms. The van der Waals surface area contributed by atoms with Crippen LogP contribution >= 0.6 is 11.8 Å². The highest BCUT2D eigenvalue weighted by Gasteiger charge is 2.15. The number of hydrogen-bond acceptors (Lipinski definition) is 6. The number of hydrogen-bond donors (Lipinski definition) is 1. The van der Waals surface area contributed by atoms with E-state index < -0.39 is 0 Å². The van der Waals surface area contributed by atoms with E-state index in [0.717, 1.165) is 11.4 Å². The number of para-hydroxylation sites is 2. The summed E-state index contributed by atoms with van der Waals surface area (Å²) in [4.78, 5) is 12.4. The molecule has 1 heterocycles. The van der Waals surface area contributed by atoms with E-state index in [0.29, 0.717) is 23.4 Å². The van der Waals surface area contributed by atoms with Gasteiger partial charge >= 0.3 is 0 Å². The first-order chi connectivity index (χ1) is 13.6. The van der Waals surface area contributed by atoms with Crippen molar-refractivity contribution in [2.75, 3.05) is 17.7 Å². The van der Waals surface area contributed by atoms with Gasteiger partial charge in [-0.05, 0) is 53.1 Å². The van der Waals surface area contributed by atoms with Crippen LogP contribution in [0.1, 0.15) is 32.3 Å². The number of amides is 1. The summed E-state index contributed by atoms with van der Waals surface area (Å²) in [7, 11) is 0. The predicted octanol–water partition coefficient (Wildman–Crippen LogP) is 3.92. The fourth-order valence-corrected chi connectivity index (χ4v) is 3.32. The van der Waals surface area contributed by atoms with E-state index in [9.17, 15) is 4.79 Å². The minimum atomic E-state index is -0.112. The highest BCUT2D eigenvalue weighted by atomic mass is 32.2. The topological polar surface area (TPSA) is 81.9 Å². The van der Waals surface area contributed by atoms with Gasteiger partial charge in [-0.3, -0.25) is 4.79 Å². The van der Waals surface area contributed by atoms with Gasteiger partial charge < -0.3 is 10.1 Å². The molecule has 2 aromatic carbocycles. The fourth-order valence-electron chi connectivity index (χ4n) is 2.63. The van der Waals surface area contributed by atoms with E-state index in [2.05, 4.69) is 40.8 Å². The number of tetrazole rings is 1. The molecular formula is C20H23N5O2S. The number of thioether (sulfide) groups is 1. The third-order valence-electron chi connectivity index (χ3n) is 4.00. The minimum Gasteiger partial charge on any atom is -0.492 e. The van der Waals surface area contributed by atoms with Crippen LogP contribution in [0.2, 0.25) is 0 Å². The molecule has 1 amide bonds. The van der Waals surface area contributed by atoms with Gasteiger partial charge in [0.05, 0.1) is 12.4 Å². The Balaban J connectivity index is 1.67. The Morgan fingerprint density at radius 2 is 2.04 bits per heavy atom. The molecule has 1 N–H and O–H groups in total. The van der Waals surface area contributed by atoms with Crippen molar-refractivity contribution in [2.24, 2.45) is 0 Å². The molecule has 3 rings (SSSR count). The van der Waals surface area contributed by atoms with Gasteiger partial charge in [0.15, 0.2) is 0 Å². The van der Waals surface area contributed by atoms with Crippen LogP contribution in [0.3, 0.4) is 0 Å². The van der Waals surface area contributed by atoms with Crippen molar-refractivity contribution in [3.63, 3.8) is 0 Å². The van der Waals surface area contributed by atoms with Crippen molar-refractivity contribution in [3.8, 4) is 11.4 Å². The molecule has 28 heavy (non-hydrogen) atoms. The third kappa shape index (κ3) is 4.89. The number of aromatic nitrogens is 4. The summed E-state index contributed by atoms with van der Waals surface area (Å²) in [5.74, 6) is 1.18. The highest BCUT2D eigenvalue weighted by molar-refractivity contribution is 7.99. The van der Waals surface area contributed by atoms with E-state index in [1.54, 1.807) is 4.68 Å². The Bertz CT molecular complexity index is 942. The lowest BCUT2D eigenvalue weighted by Crippen LogP contribution is -2.15. The van der Waals surface area contributed by atoms with Gasteiger partial charge in [0, 0.05) is 5.69 Å². The first-order valence-electron chi connectivity index (χ1n) is 9.11. The summed E-state index contributed by atoms with van der Waals surface area (Å²) in [6.07, 6.45) is 0. The lowest BCUT2D eigenvalue weighted by molar-refractivity contribution is -0.113. The van der Waals surface area contributed by atoms with Crippen LogP contribution in [0.5, 0.6) is 5.75 Å². The molecule has 1 aromatic heterocycles. The molecule has 0 spiro atoms. The number of carbonyl (C=O) groups excluding carboxylic acids is 1. The average molecular weight is 398 g/mol. The second-order valence-electron chi connectivity index (χ2n) is 6.39. The highest BCUT2D eigenvalue weighted by Crippen LogP contribution is 2.26. The van der Waals surface area contributed by atoms with Crippen LogP contribution in [0.25, 0.3) is 5.69 Å². The summed E-state index contributed by atoms with van der Waals surface area (Å²) in [5, 5.41) is 15.3. The molecule has 3 aromatic rings. The molecule has 0 fully saturated rings. The van der Waals surface area contributed by atoms with Crippen LogP contribution < -0.4 is 10.1 Å². The number of rotatable bonds is 8. The first kappa shape index (κ1) is 19.9. The molecular weight excluding hydrogens is 374 g/mol. The van der Waals surface area contributed by atoms with Crippen LogP contribution in [0, 0.1) is 0 Å². The van der Waals surface area contributed by atoms with Crippen molar-refractivity contribution >= 4 is 23.4 Å². The van der Waals surface area contributed by atoms with E-state index in [1.165, 1.54) is 17.3 Å². The maximum Gasteiger partial charge on any atom is 0.234 e. The van der Waals surface area contributed by atoms with E-state index >= 15 is 0 Å². The van der Waals surface area contributed by atoms with Crippen LogP contribution in [-0.2, 0) is 4.79 Å². The number of nitrogens with one attached hydrogen (secondary N) is 1. The van der Waals surface area contributed by atoms with Crippen LogP contribution in [0.15, 0.2) is 53.7 Å². The molecule has 0 aliphatic carbocycles. The molecule has 0 unspecified atom stereocenters.